The molecule has 2 aromatic carbocycles. The van der Waals surface area contributed by atoms with E-state index >= 15 is 0 Å². The van der Waals surface area contributed by atoms with Crippen LogP contribution < -0.4 is 4.74 Å². The molecule has 0 saturated heterocycles. The van der Waals surface area contributed by atoms with E-state index in [1.54, 1.807) is 31.4 Å². The van der Waals surface area contributed by atoms with Crippen LogP contribution in [0, 0.1) is 6.92 Å². The fourth-order valence-electron chi connectivity index (χ4n) is 3.37. The standard InChI is InChI=1S/C25H29ClN2O3/c1-20-7-3-4-8-21(20)17-27-14-5-9-23(27)18-28(15-6-16-30-2)25(29)19-31-24-12-10-22(26)11-13-24/h3-5,7-14H,6,15-19H2,1-2H3. The SMILES string of the molecule is COCCCN(Cc1cccn1Cc1ccccc1C)C(=O)COc1ccc(Cl)cc1. The molecule has 1 amide bonds. The maximum Gasteiger partial charge on any atom is 0.260 e. The smallest absolute Gasteiger partial charge is 0.260 e. The lowest BCUT2D eigenvalue weighted by atomic mass is 10.1. The number of aromatic nitrogens is 1. The number of hydrogen-bond donors (Lipinski definition) is 0. The minimum Gasteiger partial charge on any atom is -0.484 e. The Morgan fingerprint density at radius 2 is 1.84 bits per heavy atom. The zero-order chi connectivity index (χ0) is 22.1. The van der Waals surface area contributed by atoms with Gasteiger partial charge < -0.3 is 18.9 Å². The number of rotatable bonds is 11. The molecule has 1 heterocycles. The van der Waals surface area contributed by atoms with Gasteiger partial charge in [-0.05, 0) is 60.9 Å². The number of ether oxygens (including phenoxy) is 2. The predicted molar refractivity (Wildman–Crippen MR) is 124 cm³/mol. The van der Waals surface area contributed by atoms with Crippen molar-refractivity contribution in [1.82, 2.24) is 9.47 Å². The van der Waals surface area contributed by atoms with Crippen LogP contribution in [0.4, 0.5) is 0 Å². The van der Waals surface area contributed by atoms with E-state index in [1.165, 1.54) is 11.1 Å². The Morgan fingerprint density at radius 1 is 1.06 bits per heavy atom. The first-order chi connectivity index (χ1) is 15.1. The average molecular weight is 441 g/mol. The van der Waals surface area contributed by atoms with E-state index in [1.807, 2.05) is 17.0 Å². The van der Waals surface area contributed by atoms with E-state index in [0.29, 0.717) is 30.5 Å². The van der Waals surface area contributed by atoms with E-state index in [2.05, 4.69) is 42.0 Å². The maximum absolute atomic E-state index is 13.0. The lowest BCUT2D eigenvalue weighted by Gasteiger charge is -2.24. The van der Waals surface area contributed by atoms with Crippen LogP contribution >= 0.6 is 11.6 Å². The van der Waals surface area contributed by atoms with Crippen LogP contribution in [0.1, 0.15) is 23.2 Å². The minimum atomic E-state index is -0.0605. The zero-order valence-corrected chi connectivity index (χ0v) is 18.8. The first-order valence-corrected chi connectivity index (χ1v) is 10.8. The van der Waals surface area contributed by atoms with Crippen molar-refractivity contribution in [3.8, 4) is 5.75 Å². The summed E-state index contributed by atoms with van der Waals surface area (Å²) in [6.07, 6.45) is 2.82. The molecular weight excluding hydrogens is 412 g/mol. The number of methoxy groups -OCH3 is 1. The first kappa shape index (κ1) is 22.9. The molecule has 1 aromatic heterocycles. The van der Waals surface area contributed by atoms with E-state index in [4.69, 9.17) is 21.1 Å². The van der Waals surface area contributed by atoms with Gasteiger partial charge in [-0.3, -0.25) is 4.79 Å². The summed E-state index contributed by atoms with van der Waals surface area (Å²) in [5, 5.41) is 0.634. The maximum atomic E-state index is 13.0. The molecule has 0 bridgehead atoms. The van der Waals surface area contributed by atoms with E-state index in [9.17, 15) is 4.79 Å². The van der Waals surface area contributed by atoms with Crippen LogP contribution in [0.3, 0.4) is 0 Å². The van der Waals surface area contributed by atoms with Gasteiger partial charge in [-0.1, -0.05) is 35.9 Å². The molecule has 6 heteroatoms. The fraction of sp³-hybridized carbons (Fsp3) is 0.320. The molecular formula is C25H29ClN2O3. The second kappa shape index (κ2) is 11.6. The average Bonchev–Trinajstić information content (AvgIpc) is 3.21. The van der Waals surface area contributed by atoms with Crippen LogP contribution in [0.2, 0.25) is 5.02 Å². The molecule has 5 nitrogen and oxygen atoms in total. The molecule has 0 aliphatic rings. The number of hydrogen-bond acceptors (Lipinski definition) is 3. The Kier molecular flexibility index (Phi) is 8.56. The van der Waals surface area contributed by atoms with E-state index in [0.717, 1.165) is 18.7 Å². The van der Waals surface area contributed by atoms with Gasteiger partial charge in [0, 0.05) is 43.7 Å². The van der Waals surface area contributed by atoms with E-state index in [-0.39, 0.29) is 12.5 Å². The summed E-state index contributed by atoms with van der Waals surface area (Å²) < 4.78 is 13.1. The predicted octanol–water partition coefficient (Wildman–Crippen LogP) is 4.94. The second-order valence-corrected chi connectivity index (χ2v) is 7.89. The summed E-state index contributed by atoms with van der Waals surface area (Å²) in [5.74, 6) is 0.562. The molecule has 3 rings (SSSR count). The molecule has 0 aliphatic carbocycles. The Bertz CT molecular complexity index is 969. The quantitative estimate of drug-likeness (QED) is 0.396. The highest BCUT2D eigenvalue weighted by Crippen LogP contribution is 2.17. The van der Waals surface area contributed by atoms with Crippen molar-refractivity contribution in [3.05, 3.63) is 88.7 Å². The third-order valence-electron chi connectivity index (χ3n) is 5.18. The van der Waals surface area contributed by atoms with Crippen LogP contribution in [-0.2, 0) is 22.6 Å². The molecule has 0 saturated carbocycles. The van der Waals surface area contributed by atoms with Gasteiger partial charge in [0.2, 0.25) is 0 Å². The molecule has 0 spiro atoms. The van der Waals surface area contributed by atoms with Gasteiger partial charge in [-0.25, -0.2) is 0 Å². The highest BCUT2D eigenvalue weighted by molar-refractivity contribution is 6.30. The third-order valence-corrected chi connectivity index (χ3v) is 5.44. The van der Waals surface area contributed by atoms with Gasteiger partial charge >= 0.3 is 0 Å². The highest BCUT2D eigenvalue weighted by atomic mass is 35.5. The molecule has 0 aliphatic heterocycles. The molecule has 0 N–H and O–H groups in total. The van der Waals surface area contributed by atoms with Crippen molar-refractivity contribution in [2.24, 2.45) is 0 Å². The van der Waals surface area contributed by atoms with Crippen LogP contribution in [0.15, 0.2) is 66.9 Å². The summed E-state index contributed by atoms with van der Waals surface area (Å²) in [7, 11) is 1.67. The fourth-order valence-corrected chi connectivity index (χ4v) is 3.50. The normalized spacial score (nSPS) is 10.8. The molecule has 0 fully saturated rings. The first-order valence-electron chi connectivity index (χ1n) is 10.4. The minimum absolute atomic E-state index is 0.0207. The summed E-state index contributed by atoms with van der Waals surface area (Å²) >= 11 is 5.91. The van der Waals surface area contributed by atoms with E-state index < -0.39 is 0 Å². The summed E-state index contributed by atoms with van der Waals surface area (Å²) in [5.41, 5.74) is 3.61. The Balaban J connectivity index is 1.67. The lowest BCUT2D eigenvalue weighted by Crippen LogP contribution is -2.36. The van der Waals surface area contributed by atoms with Crippen LogP contribution in [-0.4, -0.2) is 42.2 Å². The lowest BCUT2D eigenvalue weighted by molar-refractivity contribution is -0.134. The molecule has 31 heavy (non-hydrogen) atoms. The number of aryl methyl sites for hydroxylation is 1. The van der Waals surface area contributed by atoms with Gasteiger partial charge in [-0.2, -0.15) is 0 Å². The molecule has 0 atom stereocenters. The van der Waals surface area contributed by atoms with Gasteiger partial charge in [0.25, 0.3) is 5.91 Å². The molecule has 3 aromatic rings. The number of halogens is 1. The summed E-state index contributed by atoms with van der Waals surface area (Å²) in [6, 6.07) is 19.5. The van der Waals surface area contributed by atoms with Crippen LogP contribution in [0.5, 0.6) is 5.75 Å². The van der Waals surface area contributed by atoms with Gasteiger partial charge in [0.1, 0.15) is 5.75 Å². The number of benzene rings is 2. The van der Waals surface area contributed by atoms with Crippen molar-refractivity contribution < 1.29 is 14.3 Å². The van der Waals surface area contributed by atoms with Gasteiger partial charge in [0.05, 0.1) is 6.54 Å². The van der Waals surface area contributed by atoms with Crippen molar-refractivity contribution in [2.45, 2.75) is 26.4 Å². The number of carbonyl (C=O) groups is 1. The van der Waals surface area contributed by atoms with Crippen molar-refractivity contribution in [3.63, 3.8) is 0 Å². The monoisotopic (exact) mass is 440 g/mol. The molecule has 0 unspecified atom stereocenters. The highest BCUT2D eigenvalue weighted by Gasteiger charge is 2.17. The van der Waals surface area contributed by atoms with Gasteiger partial charge in [-0.15, -0.1) is 0 Å². The Morgan fingerprint density at radius 3 is 2.58 bits per heavy atom. The second-order valence-electron chi connectivity index (χ2n) is 7.46. The topological polar surface area (TPSA) is 43.7 Å². The molecule has 0 radical (unpaired) electrons. The Labute approximate surface area is 189 Å². The number of amides is 1. The largest absolute Gasteiger partial charge is 0.484 e. The summed E-state index contributed by atoms with van der Waals surface area (Å²) in [6.45, 7) is 4.60. The van der Waals surface area contributed by atoms with Crippen molar-refractivity contribution >= 4 is 17.5 Å². The third kappa shape index (κ3) is 6.88. The number of nitrogens with zero attached hydrogens (tertiary/aromatic N) is 2. The van der Waals surface area contributed by atoms with Gasteiger partial charge in [0.15, 0.2) is 6.61 Å². The van der Waals surface area contributed by atoms with Crippen LogP contribution in [0.25, 0.3) is 0 Å². The van der Waals surface area contributed by atoms with Crippen molar-refractivity contribution in [1.29, 1.82) is 0 Å². The summed E-state index contributed by atoms with van der Waals surface area (Å²) in [4.78, 5) is 14.8. The zero-order valence-electron chi connectivity index (χ0n) is 18.1. The Hall–Kier alpha value is -2.76. The molecule has 164 valence electrons. The van der Waals surface area contributed by atoms with Crippen molar-refractivity contribution in [2.75, 3.05) is 26.9 Å². The number of carbonyl (C=O) groups excluding carboxylic acids is 1.